The maximum absolute atomic E-state index is 11.3. The first-order valence-electron chi connectivity index (χ1n) is 6.05. The second-order valence-electron chi connectivity index (χ2n) is 4.70. The molecule has 1 saturated heterocycles. The van der Waals surface area contributed by atoms with Gasteiger partial charge in [0, 0.05) is 13.0 Å². The second-order valence-corrected chi connectivity index (χ2v) is 4.70. The molecule has 2 heterocycles. The molecule has 6 heteroatoms. The quantitative estimate of drug-likeness (QED) is 0.846. The lowest BCUT2D eigenvalue weighted by molar-refractivity contribution is -0.119. The van der Waals surface area contributed by atoms with Crippen molar-refractivity contribution in [2.45, 2.75) is 19.4 Å². The number of aromatic nitrogens is 2. The number of carbonyl (C=O) groups is 2. The Labute approximate surface area is 109 Å². The third kappa shape index (κ3) is 1.85. The van der Waals surface area contributed by atoms with Crippen LogP contribution in [0.15, 0.2) is 18.2 Å². The number of fused-ring (bicyclic) bond motifs is 1. The summed E-state index contributed by atoms with van der Waals surface area (Å²) in [5.74, 6) is -0.160. The Morgan fingerprint density at radius 3 is 2.95 bits per heavy atom. The van der Waals surface area contributed by atoms with Gasteiger partial charge in [0.2, 0.25) is 5.91 Å². The van der Waals surface area contributed by atoms with Crippen molar-refractivity contribution < 1.29 is 14.7 Å². The number of aryl methyl sites for hydroxylation is 1. The van der Waals surface area contributed by atoms with E-state index in [1.807, 2.05) is 11.5 Å². The summed E-state index contributed by atoms with van der Waals surface area (Å²) in [7, 11) is 0. The smallest absolute Gasteiger partial charge is 0.335 e. The highest BCUT2D eigenvalue weighted by Gasteiger charge is 2.26. The van der Waals surface area contributed by atoms with Crippen molar-refractivity contribution in [1.82, 2.24) is 14.9 Å². The molecule has 0 bridgehead atoms. The van der Waals surface area contributed by atoms with Gasteiger partial charge in [-0.2, -0.15) is 0 Å². The molecule has 1 unspecified atom stereocenters. The Morgan fingerprint density at radius 1 is 1.53 bits per heavy atom. The number of hydrogen-bond donors (Lipinski definition) is 2. The Hall–Kier alpha value is -2.37. The maximum atomic E-state index is 11.3. The molecule has 98 valence electrons. The second kappa shape index (κ2) is 4.08. The summed E-state index contributed by atoms with van der Waals surface area (Å²) >= 11 is 0. The van der Waals surface area contributed by atoms with E-state index in [1.165, 1.54) is 0 Å². The van der Waals surface area contributed by atoms with E-state index in [2.05, 4.69) is 10.3 Å². The van der Waals surface area contributed by atoms with Gasteiger partial charge in [-0.15, -0.1) is 0 Å². The maximum Gasteiger partial charge on any atom is 0.335 e. The Morgan fingerprint density at radius 2 is 2.32 bits per heavy atom. The average molecular weight is 259 g/mol. The van der Waals surface area contributed by atoms with Crippen LogP contribution < -0.4 is 5.32 Å². The van der Waals surface area contributed by atoms with Crippen LogP contribution in [0.5, 0.6) is 0 Å². The van der Waals surface area contributed by atoms with Gasteiger partial charge in [0.05, 0.1) is 22.6 Å². The van der Waals surface area contributed by atoms with Crippen molar-refractivity contribution in [2.24, 2.45) is 0 Å². The molecule has 1 aliphatic heterocycles. The van der Waals surface area contributed by atoms with Gasteiger partial charge in [0.15, 0.2) is 0 Å². The van der Waals surface area contributed by atoms with Gasteiger partial charge in [-0.1, -0.05) is 0 Å². The summed E-state index contributed by atoms with van der Waals surface area (Å²) in [6, 6.07) is 4.86. The summed E-state index contributed by atoms with van der Waals surface area (Å²) in [5.41, 5.74) is 1.74. The Kier molecular flexibility index (Phi) is 2.51. The van der Waals surface area contributed by atoms with E-state index < -0.39 is 5.97 Å². The molecular weight excluding hydrogens is 246 g/mol. The van der Waals surface area contributed by atoms with Gasteiger partial charge in [-0.3, -0.25) is 4.79 Å². The number of amides is 1. The van der Waals surface area contributed by atoms with Crippen LogP contribution in [0.3, 0.4) is 0 Å². The van der Waals surface area contributed by atoms with Crippen LogP contribution in [0.2, 0.25) is 0 Å². The molecule has 2 N–H and O–H groups in total. The van der Waals surface area contributed by atoms with Gasteiger partial charge in [0.1, 0.15) is 5.82 Å². The van der Waals surface area contributed by atoms with Crippen molar-refractivity contribution in [2.75, 3.05) is 6.54 Å². The molecular formula is C13H13N3O3. The highest BCUT2D eigenvalue weighted by atomic mass is 16.4. The van der Waals surface area contributed by atoms with Gasteiger partial charge < -0.3 is 15.0 Å². The lowest BCUT2D eigenvalue weighted by Crippen LogP contribution is -2.16. The molecule has 1 atom stereocenters. The number of rotatable bonds is 2. The van der Waals surface area contributed by atoms with E-state index >= 15 is 0 Å². The van der Waals surface area contributed by atoms with Gasteiger partial charge in [-0.25, -0.2) is 9.78 Å². The number of imidazole rings is 1. The van der Waals surface area contributed by atoms with Crippen LogP contribution in [-0.4, -0.2) is 33.1 Å². The molecule has 6 nitrogen and oxygen atoms in total. The molecule has 3 rings (SSSR count). The van der Waals surface area contributed by atoms with Crippen LogP contribution in [0.25, 0.3) is 11.0 Å². The molecule has 1 fully saturated rings. The van der Waals surface area contributed by atoms with Crippen molar-refractivity contribution >= 4 is 22.9 Å². The number of nitrogens with zero attached hydrogens (tertiary/aromatic N) is 2. The SMILES string of the molecule is Cc1nc2ccc(C(=O)O)cc2n1C1CNC(=O)C1. The minimum atomic E-state index is -0.965. The monoisotopic (exact) mass is 259 g/mol. The van der Waals surface area contributed by atoms with Crippen LogP contribution in [-0.2, 0) is 4.79 Å². The molecule has 1 aromatic carbocycles. The Bertz CT molecular complexity index is 690. The first-order chi connectivity index (χ1) is 9.06. The summed E-state index contributed by atoms with van der Waals surface area (Å²) in [5, 5.41) is 11.8. The summed E-state index contributed by atoms with van der Waals surface area (Å²) in [6.45, 7) is 2.42. The first kappa shape index (κ1) is 11.7. The summed E-state index contributed by atoms with van der Waals surface area (Å²) in [6.07, 6.45) is 0.406. The van der Waals surface area contributed by atoms with Gasteiger partial charge in [-0.05, 0) is 25.1 Å². The zero-order valence-electron chi connectivity index (χ0n) is 10.4. The standard InChI is InChI=1S/C13H13N3O3/c1-7-15-10-3-2-8(13(18)19)4-11(10)16(7)9-5-12(17)14-6-9/h2-4,9H,5-6H2,1H3,(H,14,17)(H,18,19). The van der Waals surface area contributed by atoms with E-state index in [9.17, 15) is 9.59 Å². The van der Waals surface area contributed by atoms with Crippen molar-refractivity contribution in [3.8, 4) is 0 Å². The summed E-state index contributed by atoms with van der Waals surface area (Å²) in [4.78, 5) is 26.8. The predicted octanol–water partition coefficient (Wildman–Crippen LogP) is 1.10. The number of hydrogen-bond acceptors (Lipinski definition) is 3. The number of benzene rings is 1. The molecule has 19 heavy (non-hydrogen) atoms. The highest BCUT2D eigenvalue weighted by molar-refractivity contribution is 5.92. The first-order valence-corrected chi connectivity index (χ1v) is 6.05. The van der Waals surface area contributed by atoms with Gasteiger partial charge >= 0.3 is 5.97 Å². The average Bonchev–Trinajstić information content (AvgIpc) is 2.90. The number of carboxylic acids is 1. The molecule has 0 spiro atoms. The fourth-order valence-corrected chi connectivity index (χ4v) is 2.58. The zero-order valence-corrected chi connectivity index (χ0v) is 10.4. The number of carboxylic acid groups (broad SMARTS) is 1. The largest absolute Gasteiger partial charge is 0.478 e. The van der Waals surface area contributed by atoms with E-state index in [0.29, 0.717) is 13.0 Å². The number of nitrogens with one attached hydrogen (secondary N) is 1. The van der Waals surface area contributed by atoms with Crippen molar-refractivity contribution in [1.29, 1.82) is 0 Å². The molecule has 0 radical (unpaired) electrons. The number of aromatic carboxylic acids is 1. The highest BCUT2D eigenvalue weighted by Crippen LogP contribution is 2.26. The molecule has 1 aliphatic rings. The third-order valence-corrected chi connectivity index (χ3v) is 3.43. The van der Waals surface area contributed by atoms with E-state index in [0.717, 1.165) is 16.9 Å². The summed E-state index contributed by atoms with van der Waals surface area (Å²) < 4.78 is 1.94. The fourth-order valence-electron chi connectivity index (χ4n) is 2.58. The van der Waals surface area contributed by atoms with Gasteiger partial charge in [0.25, 0.3) is 0 Å². The molecule has 0 aliphatic carbocycles. The van der Waals surface area contributed by atoms with Crippen LogP contribution in [0.4, 0.5) is 0 Å². The lowest BCUT2D eigenvalue weighted by atomic mass is 10.2. The van der Waals surface area contributed by atoms with Crippen LogP contribution in [0, 0.1) is 6.92 Å². The predicted molar refractivity (Wildman–Crippen MR) is 68.1 cm³/mol. The van der Waals surface area contributed by atoms with Crippen LogP contribution >= 0.6 is 0 Å². The molecule has 1 aromatic heterocycles. The topological polar surface area (TPSA) is 84.2 Å². The fraction of sp³-hybridized carbons (Fsp3) is 0.308. The number of carbonyl (C=O) groups excluding carboxylic acids is 1. The minimum absolute atomic E-state index is 0.00143. The lowest BCUT2D eigenvalue weighted by Gasteiger charge is -2.13. The van der Waals surface area contributed by atoms with E-state index in [-0.39, 0.29) is 17.5 Å². The van der Waals surface area contributed by atoms with Crippen molar-refractivity contribution in [3.63, 3.8) is 0 Å². The van der Waals surface area contributed by atoms with E-state index in [4.69, 9.17) is 5.11 Å². The minimum Gasteiger partial charge on any atom is -0.478 e. The molecule has 2 aromatic rings. The van der Waals surface area contributed by atoms with Crippen LogP contribution in [0.1, 0.15) is 28.6 Å². The third-order valence-electron chi connectivity index (χ3n) is 3.43. The molecule has 1 amide bonds. The van der Waals surface area contributed by atoms with E-state index in [1.54, 1.807) is 18.2 Å². The zero-order chi connectivity index (χ0) is 13.6. The molecule has 0 saturated carbocycles. The normalized spacial score (nSPS) is 18.8. The Balaban J connectivity index is 2.16. The van der Waals surface area contributed by atoms with Crippen molar-refractivity contribution in [3.05, 3.63) is 29.6 Å².